The Balaban J connectivity index is 1.82. The van der Waals surface area contributed by atoms with Crippen molar-refractivity contribution >= 4 is 10.0 Å². The number of aryl methyl sites for hydroxylation is 1. The molecular formula is C16H22N4O2S. The average Bonchev–Trinajstić information content (AvgIpc) is 2.89. The Morgan fingerprint density at radius 2 is 2.17 bits per heavy atom. The lowest BCUT2D eigenvalue weighted by Gasteiger charge is -2.31. The van der Waals surface area contributed by atoms with Gasteiger partial charge in [-0.25, -0.2) is 17.7 Å². The minimum atomic E-state index is -3.11. The highest BCUT2D eigenvalue weighted by Gasteiger charge is 2.27. The van der Waals surface area contributed by atoms with E-state index in [9.17, 15) is 8.42 Å². The minimum Gasteiger partial charge on any atom is -0.328 e. The van der Waals surface area contributed by atoms with Crippen molar-refractivity contribution in [3.8, 4) is 11.4 Å². The molecule has 124 valence electrons. The third-order valence-corrected chi connectivity index (χ3v) is 5.64. The highest BCUT2D eigenvalue weighted by molar-refractivity contribution is 7.88. The molecule has 0 aromatic carbocycles. The summed E-state index contributed by atoms with van der Waals surface area (Å²) >= 11 is 0. The first-order valence-corrected chi connectivity index (χ1v) is 9.67. The lowest BCUT2D eigenvalue weighted by Crippen LogP contribution is -2.40. The van der Waals surface area contributed by atoms with Gasteiger partial charge < -0.3 is 4.57 Å². The summed E-state index contributed by atoms with van der Waals surface area (Å²) in [6, 6.07) is 3.89. The molecule has 0 saturated carbocycles. The van der Waals surface area contributed by atoms with Crippen molar-refractivity contribution in [2.24, 2.45) is 5.92 Å². The van der Waals surface area contributed by atoms with Crippen LogP contribution >= 0.6 is 0 Å². The minimum absolute atomic E-state index is 0.307. The summed E-state index contributed by atoms with van der Waals surface area (Å²) in [7, 11) is -3.11. The molecule has 3 heterocycles. The number of sulfonamides is 1. The van der Waals surface area contributed by atoms with E-state index in [1.54, 1.807) is 10.5 Å². The summed E-state index contributed by atoms with van der Waals surface area (Å²) in [4.78, 5) is 8.67. The molecule has 3 rings (SSSR count). The second-order valence-corrected chi connectivity index (χ2v) is 8.19. The van der Waals surface area contributed by atoms with Crippen LogP contribution in [0.25, 0.3) is 11.4 Å². The van der Waals surface area contributed by atoms with Gasteiger partial charge in [-0.2, -0.15) is 0 Å². The number of nitrogens with zero attached hydrogens (tertiary/aromatic N) is 4. The molecule has 1 aliphatic heterocycles. The SMILES string of the molecule is Cc1cnc(-c2cccnc2)n1CC1CCCN(S(C)(=O)=O)C1. The third-order valence-electron chi connectivity index (χ3n) is 4.37. The summed E-state index contributed by atoms with van der Waals surface area (Å²) in [5.74, 6) is 1.20. The molecular weight excluding hydrogens is 312 g/mol. The van der Waals surface area contributed by atoms with E-state index >= 15 is 0 Å². The fourth-order valence-corrected chi connectivity index (χ4v) is 4.09. The first-order valence-electron chi connectivity index (χ1n) is 7.83. The van der Waals surface area contributed by atoms with Crippen molar-refractivity contribution in [2.45, 2.75) is 26.3 Å². The van der Waals surface area contributed by atoms with Crippen LogP contribution in [0.1, 0.15) is 18.5 Å². The maximum absolute atomic E-state index is 11.8. The quantitative estimate of drug-likeness (QED) is 0.857. The number of pyridine rings is 1. The van der Waals surface area contributed by atoms with Crippen LogP contribution in [0, 0.1) is 12.8 Å². The molecule has 2 aromatic heterocycles. The molecule has 1 unspecified atom stereocenters. The second kappa shape index (κ2) is 6.41. The molecule has 0 bridgehead atoms. The van der Waals surface area contributed by atoms with Crippen LogP contribution in [-0.2, 0) is 16.6 Å². The number of aromatic nitrogens is 3. The van der Waals surface area contributed by atoms with E-state index in [-0.39, 0.29) is 0 Å². The number of hydrogen-bond acceptors (Lipinski definition) is 4. The molecule has 1 fully saturated rings. The maximum atomic E-state index is 11.8. The van der Waals surface area contributed by atoms with Gasteiger partial charge in [0, 0.05) is 49.5 Å². The Hall–Kier alpha value is -1.73. The van der Waals surface area contributed by atoms with Gasteiger partial charge in [0.05, 0.1) is 6.26 Å². The molecule has 2 aromatic rings. The third kappa shape index (κ3) is 3.61. The van der Waals surface area contributed by atoms with Crippen LogP contribution < -0.4 is 0 Å². The first kappa shape index (κ1) is 16.1. The lowest BCUT2D eigenvalue weighted by molar-refractivity contribution is 0.246. The van der Waals surface area contributed by atoms with Gasteiger partial charge in [0.2, 0.25) is 10.0 Å². The van der Waals surface area contributed by atoms with Gasteiger partial charge >= 0.3 is 0 Å². The maximum Gasteiger partial charge on any atom is 0.211 e. The molecule has 1 atom stereocenters. The van der Waals surface area contributed by atoms with Gasteiger partial charge in [-0.15, -0.1) is 0 Å². The fraction of sp³-hybridized carbons (Fsp3) is 0.500. The highest BCUT2D eigenvalue weighted by atomic mass is 32.2. The van der Waals surface area contributed by atoms with E-state index in [0.717, 1.165) is 36.5 Å². The molecule has 6 nitrogen and oxygen atoms in total. The second-order valence-electron chi connectivity index (χ2n) is 6.20. The zero-order valence-electron chi connectivity index (χ0n) is 13.5. The Morgan fingerprint density at radius 1 is 1.35 bits per heavy atom. The van der Waals surface area contributed by atoms with Crippen molar-refractivity contribution in [3.63, 3.8) is 0 Å². The molecule has 0 aliphatic carbocycles. The van der Waals surface area contributed by atoms with E-state index in [4.69, 9.17) is 0 Å². The van der Waals surface area contributed by atoms with Gasteiger partial charge in [0.15, 0.2) is 0 Å². The summed E-state index contributed by atoms with van der Waals surface area (Å²) in [5, 5.41) is 0. The Labute approximate surface area is 137 Å². The van der Waals surface area contributed by atoms with Gasteiger partial charge in [0.1, 0.15) is 5.82 Å². The van der Waals surface area contributed by atoms with E-state index in [1.165, 1.54) is 6.26 Å². The zero-order chi connectivity index (χ0) is 16.4. The largest absolute Gasteiger partial charge is 0.328 e. The predicted molar refractivity (Wildman–Crippen MR) is 89.3 cm³/mol. The summed E-state index contributed by atoms with van der Waals surface area (Å²) in [6.45, 7) is 4.03. The predicted octanol–water partition coefficient (Wildman–Crippen LogP) is 1.93. The van der Waals surface area contributed by atoms with Crippen molar-refractivity contribution < 1.29 is 8.42 Å². The molecule has 7 heteroatoms. The van der Waals surface area contributed by atoms with E-state index in [2.05, 4.69) is 14.5 Å². The molecule has 1 saturated heterocycles. The number of imidazole rings is 1. The van der Waals surface area contributed by atoms with E-state index in [1.807, 2.05) is 31.5 Å². The van der Waals surface area contributed by atoms with Crippen molar-refractivity contribution in [1.29, 1.82) is 0 Å². The molecule has 0 N–H and O–H groups in total. The van der Waals surface area contributed by atoms with Crippen LogP contribution in [0.2, 0.25) is 0 Å². The van der Waals surface area contributed by atoms with E-state index < -0.39 is 10.0 Å². The van der Waals surface area contributed by atoms with E-state index in [0.29, 0.717) is 19.0 Å². The molecule has 23 heavy (non-hydrogen) atoms. The highest BCUT2D eigenvalue weighted by Crippen LogP contribution is 2.24. The van der Waals surface area contributed by atoms with Crippen molar-refractivity contribution in [3.05, 3.63) is 36.4 Å². The van der Waals surface area contributed by atoms with Gasteiger partial charge in [0.25, 0.3) is 0 Å². The Morgan fingerprint density at radius 3 is 2.87 bits per heavy atom. The molecule has 1 aliphatic rings. The molecule has 0 amide bonds. The monoisotopic (exact) mass is 334 g/mol. The smallest absolute Gasteiger partial charge is 0.211 e. The van der Waals surface area contributed by atoms with Crippen LogP contribution in [0.15, 0.2) is 30.7 Å². The topological polar surface area (TPSA) is 68.1 Å². The number of piperidine rings is 1. The summed E-state index contributed by atoms with van der Waals surface area (Å²) in [5.41, 5.74) is 2.07. The van der Waals surface area contributed by atoms with Crippen molar-refractivity contribution in [1.82, 2.24) is 18.8 Å². The van der Waals surface area contributed by atoms with Crippen LogP contribution in [0.4, 0.5) is 0 Å². The summed E-state index contributed by atoms with van der Waals surface area (Å²) in [6.07, 6.45) is 8.65. The Bertz CT molecular complexity index is 771. The van der Waals surface area contributed by atoms with Gasteiger partial charge in [-0.05, 0) is 37.8 Å². The van der Waals surface area contributed by atoms with Crippen LogP contribution in [-0.4, -0.2) is 46.6 Å². The lowest BCUT2D eigenvalue weighted by atomic mass is 9.99. The molecule has 0 radical (unpaired) electrons. The van der Waals surface area contributed by atoms with Gasteiger partial charge in [-0.1, -0.05) is 0 Å². The Kier molecular flexibility index (Phi) is 4.50. The van der Waals surface area contributed by atoms with Crippen LogP contribution in [0.5, 0.6) is 0 Å². The van der Waals surface area contributed by atoms with Gasteiger partial charge in [-0.3, -0.25) is 4.98 Å². The number of hydrogen-bond donors (Lipinski definition) is 0. The first-order chi connectivity index (χ1) is 10.9. The average molecular weight is 334 g/mol. The zero-order valence-corrected chi connectivity index (χ0v) is 14.3. The number of rotatable bonds is 4. The normalized spacial score (nSPS) is 19.8. The standard InChI is InChI=1S/C16H22N4O2S/c1-13-9-18-16(15-6-3-7-17-10-15)20(13)12-14-5-4-8-19(11-14)23(2,21)22/h3,6-7,9-10,14H,4-5,8,11-12H2,1-2H3. The summed E-state index contributed by atoms with van der Waals surface area (Å²) < 4.78 is 27.3. The van der Waals surface area contributed by atoms with Crippen LogP contribution in [0.3, 0.4) is 0 Å². The van der Waals surface area contributed by atoms with Crippen molar-refractivity contribution in [2.75, 3.05) is 19.3 Å². The molecule has 0 spiro atoms. The fourth-order valence-electron chi connectivity index (χ4n) is 3.15.